The predicted octanol–water partition coefficient (Wildman–Crippen LogP) is 4.43. The zero-order valence-electron chi connectivity index (χ0n) is 13.5. The molecule has 0 atom stereocenters. The average molecular weight is 339 g/mol. The van der Waals surface area contributed by atoms with Gasteiger partial charge in [0.2, 0.25) is 5.91 Å². The van der Waals surface area contributed by atoms with Crippen molar-refractivity contribution in [1.29, 1.82) is 0 Å². The van der Waals surface area contributed by atoms with E-state index in [2.05, 4.69) is 10.3 Å². The van der Waals surface area contributed by atoms with Gasteiger partial charge in [-0.15, -0.1) is 0 Å². The van der Waals surface area contributed by atoms with Gasteiger partial charge in [0.1, 0.15) is 5.65 Å². The normalized spacial score (nSPS) is 16.5. The summed E-state index contributed by atoms with van der Waals surface area (Å²) in [6.07, 6.45) is 2.91. The third kappa shape index (κ3) is 3.55. The van der Waals surface area contributed by atoms with Crippen molar-refractivity contribution >= 4 is 17.4 Å². The van der Waals surface area contributed by atoms with E-state index >= 15 is 0 Å². The first-order valence-corrected chi connectivity index (χ1v) is 8.20. The van der Waals surface area contributed by atoms with Crippen molar-refractivity contribution in [3.8, 4) is 0 Å². The molecule has 1 amide bonds. The van der Waals surface area contributed by atoms with Gasteiger partial charge >= 0.3 is 6.18 Å². The Hall–Kier alpha value is -2.05. The molecule has 1 fully saturated rings. The second kappa shape index (κ2) is 6.45. The second-order valence-electron chi connectivity index (χ2n) is 6.44. The Kier molecular flexibility index (Phi) is 4.51. The lowest BCUT2D eigenvalue weighted by Gasteiger charge is -2.21. The van der Waals surface area contributed by atoms with Gasteiger partial charge in [-0.05, 0) is 24.5 Å². The Bertz CT molecular complexity index is 745. The van der Waals surface area contributed by atoms with Crippen LogP contribution in [0.1, 0.15) is 50.3 Å². The molecular weight excluding hydrogens is 319 g/mol. The smallest absolute Gasteiger partial charge is 0.309 e. The fraction of sp³-hybridized carbons (Fsp3) is 0.529. The molecule has 2 heterocycles. The molecule has 130 valence electrons. The highest BCUT2D eigenvalue weighted by molar-refractivity contribution is 5.88. The maximum Gasteiger partial charge on any atom is 0.417 e. The molecule has 1 aliphatic carbocycles. The van der Waals surface area contributed by atoms with Crippen LogP contribution >= 0.6 is 0 Å². The number of alkyl halides is 3. The number of halogens is 3. The molecule has 2 aromatic rings. The van der Waals surface area contributed by atoms with Crippen molar-refractivity contribution in [2.45, 2.75) is 51.6 Å². The lowest BCUT2D eigenvalue weighted by molar-refractivity contribution is -0.137. The molecule has 1 N–H and O–H groups in total. The monoisotopic (exact) mass is 339 g/mol. The highest BCUT2D eigenvalue weighted by Crippen LogP contribution is 2.33. The minimum absolute atomic E-state index is 0.278. The highest BCUT2D eigenvalue weighted by atomic mass is 19.4. The molecule has 0 saturated heterocycles. The number of carbonyl (C=O) groups excluding carboxylic acids is 1. The van der Waals surface area contributed by atoms with Crippen molar-refractivity contribution in [2.75, 3.05) is 5.32 Å². The molecule has 3 rings (SSSR count). The number of imidazole rings is 1. The Labute approximate surface area is 138 Å². The van der Waals surface area contributed by atoms with Crippen molar-refractivity contribution < 1.29 is 18.0 Å². The molecule has 7 heteroatoms. The minimum Gasteiger partial charge on any atom is -0.309 e. The average Bonchev–Trinajstić information content (AvgIpc) is 2.84. The number of pyridine rings is 1. The summed E-state index contributed by atoms with van der Waals surface area (Å²) in [6, 6.07) is 2.36. The number of amides is 1. The van der Waals surface area contributed by atoms with Crippen LogP contribution in [-0.4, -0.2) is 15.3 Å². The Morgan fingerprint density at radius 1 is 1.29 bits per heavy atom. The highest BCUT2D eigenvalue weighted by Gasteiger charge is 2.31. The molecule has 0 aliphatic heterocycles. The summed E-state index contributed by atoms with van der Waals surface area (Å²) in [4.78, 5) is 15.7. The maximum atomic E-state index is 13.0. The number of nitrogens with zero attached hydrogens (tertiary/aromatic N) is 2. The van der Waals surface area contributed by atoms with Gasteiger partial charge < -0.3 is 9.72 Å². The first-order valence-electron chi connectivity index (χ1n) is 8.20. The van der Waals surface area contributed by atoms with Crippen LogP contribution in [0.4, 0.5) is 19.0 Å². The third-order valence-electron chi connectivity index (χ3n) is 4.55. The van der Waals surface area contributed by atoms with Crippen molar-refractivity contribution in [2.24, 2.45) is 5.92 Å². The fourth-order valence-corrected chi connectivity index (χ4v) is 3.39. The third-order valence-corrected chi connectivity index (χ3v) is 4.55. The number of fused-ring (bicyclic) bond motifs is 1. The van der Waals surface area contributed by atoms with E-state index in [1.54, 1.807) is 0 Å². The van der Waals surface area contributed by atoms with Gasteiger partial charge in [0.15, 0.2) is 5.82 Å². The van der Waals surface area contributed by atoms with Gasteiger partial charge in [-0.1, -0.05) is 32.1 Å². The molecule has 0 aromatic carbocycles. The summed E-state index contributed by atoms with van der Waals surface area (Å²) in [7, 11) is 0. The minimum atomic E-state index is -4.41. The molecule has 1 saturated carbocycles. The summed E-state index contributed by atoms with van der Waals surface area (Å²) in [5.74, 6) is 0.507. The van der Waals surface area contributed by atoms with Gasteiger partial charge in [-0.3, -0.25) is 4.79 Å². The van der Waals surface area contributed by atoms with Crippen LogP contribution in [0.5, 0.6) is 0 Å². The van der Waals surface area contributed by atoms with Gasteiger partial charge in [0.05, 0.1) is 11.3 Å². The Balaban J connectivity index is 2.04. The van der Waals surface area contributed by atoms with E-state index in [9.17, 15) is 18.0 Å². The molecule has 1 aliphatic rings. The number of rotatable bonds is 3. The van der Waals surface area contributed by atoms with E-state index in [1.807, 2.05) is 0 Å². The van der Waals surface area contributed by atoms with Gasteiger partial charge in [-0.2, -0.15) is 13.2 Å². The van der Waals surface area contributed by atoms with Crippen molar-refractivity contribution in [1.82, 2.24) is 9.38 Å². The predicted molar refractivity (Wildman–Crippen MR) is 84.8 cm³/mol. The SMILES string of the molecule is CC(=O)Nc1nc2ccc(C(F)(F)F)cn2c1CC1CCCCC1. The topological polar surface area (TPSA) is 46.4 Å². The van der Waals surface area contributed by atoms with Crippen LogP contribution in [0, 0.1) is 5.92 Å². The molecule has 2 aromatic heterocycles. The van der Waals surface area contributed by atoms with E-state index in [4.69, 9.17) is 0 Å². The van der Waals surface area contributed by atoms with Crippen LogP contribution in [-0.2, 0) is 17.4 Å². The largest absolute Gasteiger partial charge is 0.417 e. The summed E-state index contributed by atoms with van der Waals surface area (Å²) in [6.45, 7) is 1.37. The number of aromatic nitrogens is 2. The van der Waals surface area contributed by atoms with Crippen LogP contribution in [0.15, 0.2) is 18.3 Å². The standard InChI is InChI=1S/C17H20F3N3O/c1-11(24)21-16-14(9-12-5-3-2-4-6-12)23-10-13(17(18,19)20)7-8-15(23)22-16/h7-8,10,12H,2-6,9H2,1H3,(H,21,24). The summed E-state index contributed by atoms with van der Waals surface area (Å²) in [5.41, 5.74) is 0.349. The van der Waals surface area contributed by atoms with Crippen LogP contribution < -0.4 is 5.32 Å². The van der Waals surface area contributed by atoms with E-state index in [0.29, 0.717) is 29.5 Å². The molecule has 0 radical (unpaired) electrons. The lowest BCUT2D eigenvalue weighted by Crippen LogP contribution is -2.14. The number of hydrogen-bond donors (Lipinski definition) is 1. The van der Waals surface area contributed by atoms with E-state index in [0.717, 1.165) is 37.9 Å². The van der Waals surface area contributed by atoms with Gasteiger partial charge in [0.25, 0.3) is 0 Å². The van der Waals surface area contributed by atoms with Crippen LogP contribution in [0.25, 0.3) is 5.65 Å². The lowest BCUT2D eigenvalue weighted by atomic mass is 9.86. The summed E-state index contributed by atoms with van der Waals surface area (Å²) >= 11 is 0. The van der Waals surface area contributed by atoms with Gasteiger partial charge in [-0.25, -0.2) is 4.98 Å². The zero-order chi connectivity index (χ0) is 17.3. The molecule has 0 unspecified atom stereocenters. The molecule has 0 bridgehead atoms. The van der Waals surface area contributed by atoms with E-state index in [-0.39, 0.29) is 5.91 Å². The fourth-order valence-electron chi connectivity index (χ4n) is 3.39. The van der Waals surface area contributed by atoms with Crippen LogP contribution in [0.2, 0.25) is 0 Å². The van der Waals surface area contributed by atoms with Gasteiger partial charge in [0, 0.05) is 13.1 Å². The first kappa shape index (κ1) is 16.8. The number of anilines is 1. The second-order valence-corrected chi connectivity index (χ2v) is 6.44. The number of hydrogen-bond acceptors (Lipinski definition) is 2. The Morgan fingerprint density at radius 2 is 2.00 bits per heavy atom. The number of nitrogens with one attached hydrogen (secondary N) is 1. The van der Waals surface area contributed by atoms with Crippen molar-refractivity contribution in [3.63, 3.8) is 0 Å². The molecule has 0 spiro atoms. The van der Waals surface area contributed by atoms with E-state index in [1.165, 1.54) is 23.8 Å². The Morgan fingerprint density at radius 3 is 2.62 bits per heavy atom. The molecule has 24 heavy (non-hydrogen) atoms. The molecular formula is C17H20F3N3O. The van der Waals surface area contributed by atoms with Crippen molar-refractivity contribution in [3.05, 3.63) is 29.6 Å². The quantitative estimate of drug-likeness (QED) is 0.899. The van der Waals surface area contributed by atoms with E-state index < -0.39 is 11.7 Å². The maximum absolute atomic E-state index is 13.0. The first-order chi connectivity index (χ1) is 11.3. The summed E-state index contributed by atoms with van der Waals surface area (Å²) < 4.78 is 40.5. The van der Waals surface area contributed by atoms with Crippen LogP contribution in [0.3, 0.4) is 0 Å². The summed E-state index contributed by atoms with van der Waals surface area (Å²) in [5, 5.41) is 2.66. The number of carbonyl (C=O) groups is 1. The molecule has 4 nitrogen and oxygen atoms in total. The zero-order valence-corrected chi connectivity index (χ0v) is 13.5.